The van der Waals surface area contributed by atoms with Crippen molar-refractivity contribution in [3.63, 3.8) is 0 Å². The molecule has 7 heavy (non-hydrogen) atoms. The van der Waals surface area contributed by atoms with Crippen molar-refractivity contribution < 1.29 is 0 Å². The van der Waals surface area contributed by atoms with Crippen molar-refractivity contribution in [2.45, 2.75) is 10.6 Å². The molecule has 0 spiro atoms. The Labute approximate surface area is 51.5 Å². The minimum atomic E-state index is 0.740. The van der Waals surface area contributed by atoms with Crippen molar-refractivity contribution in [2.24, 2.45) is 0 Å². The van der Waals surface area contributed by atoms with Crippen molar-refractivity contribution in [2.75, 3.05) is 0 Å². The molecular formula is C6H10Se. The van der Waals surface area contributed by atoms with E-state index in [2.05, 4.69) is 13.2 Å². The molecule has 0 aliphatic rings. The van der Waals surface area contributed by atoms with Gasteiger partial charge in [-0.2, -0.15) is 0 Å². The summed E-state index contributed by atoms with van der Waals surface area (Å²) >= 11 is 0.740. The molecule has 0 amide bonds. The van der Waals surface area contributed by atoms with E-state index in [1.54, 1.807) is 0 Å². The molecule has 1 heteroatoms. The number of rotatable bonds is 4. The zero-order valence-corrected chi connectivity index (χ0v) is 6.10. The van der Waals surface area contributed by atoms with Gasteiger partial charge in [0.05, 0.1) is 0 Å². The van der Waals surface area contributed by atoms with Crippen LogP contribution in [0.4, 0.5) is 0 Å². The van der Waals surface area contributed by atoms with Crippen LogP contribution in [-0.2, 0) is 0 Å². The van der Waals surface area contributed by atoms with Crippen molar-refractivity contribution >= 4 is 15.0 Å². The molecule has 0 bridgehead atoms. The molecule has 0 atom stereocenters. The van der Waals surface area contributed by atoms with Gasteiger partial charge in [0.2, 0.25) is 0 Å². The number of allylic oxidation sites excluding steroid dienone is 2. The molecule has 40 valence electrons. The van der Waals surface area contributed by atoms with E-state index in [4.69, 9.17) is 0 Å². The van der Waals surface area contributed by atoms with Crippen LogP contribution in [0.3, 0.4) is 0 Å². The predicted molar refractivity (Wildman–Crippen MR) is 35.8 cm³/mol. The van der Waals surface area contributed by atoms with Gasteiger partial charge in [0.25, 0.3) is 0 Å². The van der Waals surface area contributed by atoms with Crippen LogP contribution in [0.15, 0.2) is 25.3 Å². The zero-order valence-electron chi connectivity index (χ0n) is 4.39. The molecule has 0 N–H and O–H groups in total. The fourth-order valence-corrected chi connectivity index (χ4v) is 1.22. The van der Waals surface area contributed by atoms with E-state index < -0.39 is 0 Å². The van der Waals surface area contributed by atoms with E-state index >= 15 is 0 Å². The fourth-order valence-electron chi connectivity index (χ4n) is 0.235. The maximum absolute atomic E-state index is 3.61. The second-order valence-corrected chi connectivity index (χ2v) is 3.37. The van der Waals surface area contributed by atoms with Crippen LogP contribution in [0.25, 0.3) is 0 Å². The Morgan fingerprint density at radius 2 is 1.57 bits per heavy atom. The monoisotopic (exact) mass is 162 g/mol. The summed E-state index contributed by atoms with van der Waals surface area (Å²) in [4.78, 5) is 0. The van der Waals surface area contributed by atoms with Crippen LogP contribution in [-0.4, -0.2) is 15.0 Å². The Hall–Kier alpha value is -0.000519. The molecule has 0 aromatic carbocycles. The Kier molecular flexibility index (Phi) is 6.00. The van der Waals surface area contributed by atoms with E-state index in [0.717, 1.165) is 15.0 Å². The minimum absolute atomic E-state index is 0.740. The average Bonchev–Trinajstić information content (AvgIpc) is 1.69. The zero-order chi connectivity index (χ0) is 5.54. The summed E-state index contributed by atoms with van der Waals surface area (Å²) in [6.45, 7) is 7.23. The molecule has 0 saturated carbocycles. The van der Waals surface area contributed by atoms with E-state index in [9.17, 15) is 0 Å². The standard InChI is InChI=1S/C6H10Se/c1-3-5-7-6-4-2/h3-4H,1-2,5-6H2. The normalized spacial score (nSPS) is 8.00. The summed E-state index contributed by atoms with van der Waals surface area (Å²) in [5, 5.41) is 2.36. The molecular weight excluding hydrogens is 151 g/mol. The number of hydrogen-bond acceptors (Lipinski definition) is 0. The van der Waals surface area contributed by atoms with Gasteiger partial charge in [-0.15, -0.1) is 0 Å². The summed E-state index contributed by atoms with van der Waals surface area (Å²) in [7, 11) is 0. The second-order valence-electron chi connectivity index (χ2n) is 1.11. The third kappa shape index (κ3) is 6.00. The Morgan fingerprint density at radius 1 is 1.14 bits per heavy atom. The number of hydrogen-bond donors (Lipinski definition) is 0. The van der Waals surface area contributed by atoms with Gasteiger partial charge in [-0.3, -0.25) is 0 Å². The maximum atomic E-state index is 3.61. The second kappa shape index (κ2) is 6.00. The average molecular weight is 161 g/mol. The fraction of sp³-hybridized carbons (Fsp3) is 0.333. The van der Waals surface area contributed by atoms with Gasteiger partial charge in [-0.25, -0.2) is 0 Å². The topological polar surface area (TPSA) is 0 Å². The van der Waals surface area contributed by atoms with Gasteiger partial charge >= 0.3 is 50.9 Å². The Morgan fingerprint density at radius 3 is 1.86 bits per heavy atom. The summed E-state index contributed by atoms with van der Waals surface area (Å²) in [5.41, 5.74) is 0. The molecule has 0 aliphatic heterocycles. The van der Waals surface area contributed by atoms with Crippen molar-refractivity contribution in [1.29, 1.82) is 0 Å². The molecule has 0 aromatic heterocycles. The SMILES string of the molecule is C=CC[Se]CC=C. The summed E-state index contributed by atoms with van der Waals surface area (Å²) < 4.78 is 0. The van der Waals surface area contributed by atoms with E-state index in [0.29, 0.717) is 0 Å². The third-order valence-electron chi connectivity index (χ3n) is 0.471. The van der Waals surface area contributed by atoms with Crippen LogP contribution in [0.2, 0.25) is 10.6 Å². The first kappa shape index (κ1) is 7.00. The molecule has 0 unspecified atom stereocenters. The molecule has 0 heterocycles. The summed E-state index contributed by atoms with van der Waals surface area (Å²) in [6, 6.07) is 0. The molecule has 0 radical (unpaired) electrons. The molecule has 0 aromatic rings. The van der Waals surface area contributed by atoms with Gasteiger partial charge in [0.15, 0.2) is 0 Å². The van der Waals surface area contributed by atoms with Crippen LogP contribution >= 0.6 is 0 Å². The Balaban J connectivity index is 2.68. The van der Waals surface area contributed by atoms with E-state index in [-0.39, 0.29) is 0 Å². The first-order chi connectivity index (χ1) is 3.41. The summed E-state index contributed by atoms with van der Waals surface area (Å²) in [5.74, 6) is 0. The van der Waals surface area contributed by atoms with Crippen LogP contribution in [0.1, 0.15) is 0 Å². The molecule has 0 nitrogen and oxygen atoms in total. The first-order valence-corrected chi connectivity index (χ1v) is 4.63. The van der Waals surface area contributed by atoms with Crippen molar-refractivity contribution in [1.82, 2.24) is 0 Å². The van der Waals surface area contributed by atoms with Crippen LogP contribution < -0.4 is 0 Å². The first-order valence-electron chi connectivity index (χ1n) is 2.21. The molecule has 0 saturated heterocycles. The predicted octanol–water partition coefficient (Wildman–Crippen LogP) is 1.90. The van der Waals surface area contributed by atoms with Crippen LogP contribution in [0.5, 0.6) is 0 Å². The van der Waals surface area contributed by atoms with E-state index in [1.807, 2.05) is 12.2 Å². The van der Waals surface area contributed by atoms with Gasteiger partial charge in [-0.05, 0) is 0 Å². The molecule has 0 aliphatic carbocycles. The van der Waals surface area contributed by atoms with E-state index in [1.165, 1.54) is 10.6 Å². The summed E-state index contributed by atoms with van der Waals surface area (Å²) in [6.07, 6.45) is 3.92. The van der Waals surface area contributed by atoms with Crippen molar-refractivity contribution in [3.05, 3.63) is 25.3 Å². The van der Waals surface area contributed by atoms with Gasteiger partial charge in [-0.1, -0.05) is 0 Å². The quantitative estimate of drug-likeness (QED) is 0.335. The van der Waals surface area contributed by atoms with Gasteiger partial charge in [0, 0.05) is 0 Å². The van der Waals surface area contributed by atoms with Gasteiger partial charge in [0.1, 0.15) is 0 Å². The van der Waals surface area contributed by atoms with Gasteiger partial charge < -0.3 is 0 Å². The van der Waals surface area contributed by atoms with Crippen LogP contribution in [0, 0.1) is 0 Å². The third-order valence-corrected chi connectivity index (χ3v) is 2.45. The molecule has 0 fully saturated rings. The molecule has 0 rings (SSSR count). The van der Waals surface area contributed by atoms with Crippen molar-refractivity contribution in [3.8, 4) is 0 Å². The Bertz CT molecular complexity index is 49.2.